The molecule has 0 aliphatic heterocycles. The molecule has 3 heteroatoms. The van der Waals surface area contributed by atoms with E-state index in [1.165, 1.54) is 20.4 Å². The van der Waals surface area contributed by atoms with Gasteiger partial charge in [0.1, 0.15) is 0 Å². The van der Waals surface area contributed by atoms with Crippen molar-refractivity contribution in [3.63, 3.8) is 0 Å². The lowest BCUT2D eigenvalue weighted by molar-refractivity contribution is 1.13. The molecule has 94 valence electrons. The first-order valence-electron chi connectivity index (χ1n) is 5.82. The average molecular weight is 372 g/mol. The van der Waals surface area contributed by atoms with Gasteiger partial charge in [0, 0.05) is 20.8 Å². The highest BCUT2D eigenvalue weighted by Gasteiger charge is 2.02. The summed E-state index contributed by atoms with van der Waals surface area (Å²) < 4.78 is 1.28. The van der Waals surface area contributed by atoms with Crippen LogP contribution in [0.5, 0.6) is 0 Å². The molecule has 0 saturated heterocycles. The van der Waals surface area contributed by atoms with E-state index in [1.54, 1.807) is 0 Å². The van der Waals surface area contributed by atoms with Gasteiger partial charge in [0.2, 0.25) is 0 Å². The van der Waals surface area contributed by atoms with Gasteiger partial charge in [-0.05, 0) is 71.3 Å². The van der Waals surface area contributed by atoms with Crippen LogP contribution in [0.1, 0.15) is 16.7 Å². The monoisotopic (exact) mass is 371 g/mol. The quantitative estimate of drug-likeness (QED) is 0.734. The molecule has 0 atom stereocenters. The molecule has 2 aromatic carbocycles. The predicted octanol–water partition coefficient (Wildman–Crippen LogP) is 5.17. The van der Waals surface area contributed by atoms with Crippen LogP contribution in [0.3, 0.4) is 0 Å². The summed E-state index contributed by atoms with van der Waals surface area (Å²) in [5.74, 6) is 0. The molecule has 0 aromatic heterocycles. The van der Waals surface area contributed by atoms with Crippen LogP contribution < -0.4 is 5.32 Å². The number of halogens is 2. The van der Waals surface area contributed by atoms with Gasteiger partial charge < -0.3 is 5.32 Å². The molecular formula is C15H15ClIN. The van der Waals surface area contributed by atoms with E-state index >= 15 is 0 Å². The van der Waals surface area contributed by atoms with Gasteiger partial charge in [-0.25, -0.2) is 0 Å². The number of aryl methyl sites for hydroxylation is 1. The first-order valence-corrected chi connectivity index (χ1v) is 7.27. The maximum atomic E-state index is 6.12. The van der Waals surface area contributed by atoms with Crippen LogP contribution >= 0.6 is 34.2 Å². The number of hydrogen-bond acceptors (Lipinski definition) is 1. The third kappa shape index (κ3) is 3.18. The van der Waals surface area contributed by atoms with Crippen molar-refractivity contribution in [1.29, 1.82) is 0 Å². The number of rotatable bonds is 3. The highest BCUT2D eigenvalue weighted by Crippen LogP contribution is 2.22. The van der Waals surface area contributed by atoms with Crippen molar-refractivity contribution >= 4 is 39.9 Å². The topological polar surface area (TPSA) is 12.0 Å². The summed E-state index contributed by atoms with van der Waals surface area (Å²) in [5.41, 5.74) is 4.78. The van der Waals surface area contributed by atoms with Crippen LogP contribution in [-0.4, -0.2) is 0 Å². The molecule has 0 unspecified atom stereocenters. The largest absolute Gasteiger partial charge is 0.381 e. The molecule has 0 aliphatic rings. The summed E-state index contributed by atoms with van der Waals surface area (Å²) in [6, 6.07) is 12.5. The van der Waals surface area contributed by atoms with Gasteiger partial charge in [0.15, 0.2) is 0 Å². The van der Waals surface area contributed by atoms with Gasteiger partial charge in [0.25, 0.3) is 0 Å². The van der Waals surface area contributed by atoms with Crippen molar-refractivity contribution in [2.75, 3.05) is 5.32 Å². The lowest BCUT2D eigenvalue weighted by Gasteiger charge is -2.11. The van der Waals surface area contributed by atoms with Gasteiger partial charge >= 0.3 is 0 Å². The van der Waals surface area contributed by atoms with Crippen LogP contribution in [0.4, 0.5) is 5.69 Å². The van der Waals surface area contributed by atoms with Crippen molar-refractivity contribution in [3.05, 3.63) is 61.7 Å². The Hall–Kier alpha value is -0.740. The van der Waals surface area contributed by atoms with Crippen molar-refractivity contribution in [2.24, 2.45) is 0 Å². The van der Waals surface area contributed by atoms with Crippen molar-refractivity contribution < 1.29 is 0 Å². The van der Waals surface area contributed by atoms with Gasteiger partial charge in [0.05, 0.1) is 0 Å². The molecule has 0 heterocycles. The van der Waals surface area contributed by atoms with Gasteiger partial charge in [-0.15, -0.1) is 0 Å². The van der Waals surface area contributed by atoms with E-state index in [-0.39, 0.29) is 0 Å². The minimum atomic E-state index is 0.793. The summed E-state index contributed by atoms with van der Waals surface area (Å²) in [5, 5.41) is 4.28. The van der Waals surface area contributed by atoms with Crippen molar-refractivity contribution in [3.8, 4) is 0 Å². The van der Waals surface area contributed by atoms with E-state index in [4.69, 9.17) is 11.6 Å². The molecule has 0 spiro atoms. The SMILES string of the molecule is Cc1ccc(CNc2cccc(I)c2C)cc1Cl. The lowest BCUT2D eigenvalue weighted by atomic mass is 10.1. The summed E-state index contributed by atoms with van der Waals surface area (Å²) in [7, 11) is 0. The minimum absolute atomic E-state index is 0.793. The Morgan fingerprint density at radius 1 is 1.17 bits per heavy atom. The first kappa shape index (κ1) is 13.7. The number of hydrogen-bond donors (Lipinski definition) is 1. The molecule has 1 nitrogen and oxygen atoms in total. The summed E-state index contributed by atoms with van der Waals surface area (Å²) in [6.45, 7) is 4.94. The average Bonchev–Trinajstić information content (AvgIpc) is 2.35. The zero-order valence-corrected chi connectivity index (χ0v) is 13.3. The molecule has 0 amide bonds. The van der Waals surface area contributed by atoms with Crippen LogP contribution in [0.15, 0.2) is 36.4 Å². The van der Waals surface area contributed by atoms with Crippen molar-refractivity contribution in [2.45, 2.75) is 20.4 Å². The number of anilines is 1. The number of nitrogens with one attached hydrogen (secondary N) is 1. The zero-order valence-electron chi connectivity index (χ0n) is 10.4. The summed E-state index contributed by atoms with van der Waals surface area (Å²) >= 11 is 8.48. The fourth-order valence-corrected chi connectivity index (χ4v) is 2.44. The second-order valence-corrected chi connectivity index (χ2v) is 5.92. The molecule has 0 radical (unpaired) electrons. The molecule has 2 rings (SSSR count). The minimum Gasteiger partial charge on any atom is -0.381 e. The highest BCUT2D eigenvalue weighted by atomic mass is 127. The summed E-state index contributed by atoms with van der Waals surface area (Å²) in [6.07, 6.45) is 0. The van der Waals surface area contributed by atoms with Crippen LogP contribution in [-0.2, 0) is 6.54 Å². The maximum Gasteiger partial charge on any atom is 0.0438 e. The van der Waals surface area contributed by atoms with E-state index in [0.717, 1.165) is 17.1 Å². The first-order chi connectivity index (χ1) is 8.58. The highest BCUT2D eigenvalue weighted by molar-refractivity contribution is 14.1. The molecule has 0 fully saturated rings. The molecule has 0 saturated carbocycles. The van der Waals surface area contributed by atoms with E-state index in [9.17, 15) is 0 Å². The Morgan fingerprint density at radius 2 is 1.94 bits per heavy atom. The van der Waals surface area contributed by atoms with Gasteiger partial charge in [-0.1, -0.05) is 29.8 Å². The number of benzene rings is 2. The van der Waals surface area contributed by atoms with Crippen LogP contribution in [0.2, 0.25) is 5.02 Å². The van der Waals surface area contributed by atoms with E-state index < -0.39 is 0 Å². The predicted molar refractivity (Wildman–Crippen MR) is 87.4 cm³/mol. The molecule has 1 N–H and O–H groups in total. The second kappa shape index (κ2) is 5.93. The molecule has 2 aromatic rings. The third-order valence-corrected chi connectivity index (χ3v) is 4.56. The standard InChI is InChI=1S/C15H15ClIN/c1-10-6-7-12(8-13(10)16)9-18-15-5-3-4-14(17)11(15)2/h3-8,18H,9H2,1-2H3. The molecule has 18 heavy (non-hydrogen) atoms. The Morgan fingerprint density at radius 3 is 2.67 bits per heavy atom. The van der Waals surface area contributed by atoms with Gasteiger partial charge in [-0.2, -0.15) is 0 Å². The van der Waals surface area contributed by atoms with E-state index in [0.29, 0.717) is 0 Å². The van der Waals surface area contributed by atoms with E-state index in [1.807, 2.05) is 13.0 Å². The van der Waals surface area contributed by atoms with Crippen LogP contribution in [0.25, 0.3) is 0 Å². The van der Waals surface area contributed by atoms with Crippen LogP contribution in [0, 0.1) is 17.4 Å². The van der Waals surface area contributed by atoms with Crippen molar-refractivity contribution in [1.82, 2.24) is 0 Å². The Labute approximate surface area is 127 Å². The smallest absolute Gasteiger partial charge is 0.0438 e. The molecule has 0 aliphatic carbocycles. The molecule has 0 bridgehead atoms. The Kier molecular flexibility index (Phi) is 4.51. The maximum absolute atomic E-state index is 6.12. The Bertz CT molecular complexity index is 566. The third-order valence-electron chi connectivity index (χ3n) is 2.99. The lowest BCUT2D eigenvalue weighted by Crippen LogP contribution is -2.02. The summed E-state index contributed by atoms with van der Waals surface area (Å²) in [4.78, 5) is 0. The fraction of sp³-hybridized carbons (Fsp3) is 0.200. The molecular weight excluding hydrogens is 357 g/mol. The van der Waals surface area contributed by atoms with E-state index in [2.05, 4.69) is 65.2 Å². The normalized spacial score (nSPS) is 10.4. The second-order valence-electron chi connectivity index (χ2n) is 4.35. The fourth-order valence-electron chi connectivity index (χ4n) is 1.74. The Balaban J connectivity index is 2.11. The zero-order chi connectivity index (χ0) is 13.1. The van der Waals surface area contributed by atoms with Gasteiger partial charge in [-0.3, -0.25) is 0 Å².